The highest BCUT2D eigenvalue weighted by Gasteiger charge is 2.39. The Morgan fingerprint density at radius 3 is 2.77 bits per heavy atom. The van der Waals surface area contributed by atoms with Gasteiger partial charge in [-0.1, -0.05) is 13.3 Å². The molecule has 0 spiro atoms. The van der Waals surface area contributed by atoms with Gasteiger partial charge in [0.15, 0.2) is 0 Å². The molecule has 6 heteroatoms. The van der Waals surface area contributed by atoms with Gasteiger partial charge < -0.3 is 15.7 Å². The van der Waals surface area contributed by atoms with E-state index in [1.165, 1.54) is 18.2 Å². The molecule has 2 rings (SSSR count). The Morgan fingerprint density at radius 1 is 1.41 bits per heavy atom. The fraction of sp³-hybridized carbons (Fsp3) is 0.500. The lowest BCUT2D eigenvalue weighted by molar-refractivity contribution is -0.137. The van der Waals surface area contributed by atoms with E-state index < -0.39 is 11.8 Å². The third kappa shape index (κ3) is 3.44. The van der Waals surface area contributed by atoms with Gasteiger partial charge in [-0.3, -0.25) is 9.59 Å². The molecular formula is C16H21FN2O3. The maximum Gasteiger partial charge on any atom is 0.313 e. The zero-order valence-electron chi connectivity index (χ0n) is 12.8. The number of hydrogen-bond acceptors (Lipinski definition) is 3. The van der Waals surface area contributed by atoms with Crippen LogP contribution in [0.4, 0.5) is 10.1 Å². The van der Waals surface area contributed by atoms with Gasteiger partial charge in [-0.05, 0) is 43.5 Å². The lowest BCUT2D eigenvalue weighted by Crippen LogP contribution is -2.48. The van der Waals surface area contributed by atoms with Crippen LogP contribution in [0.25, 0.3) is 0 Å². The minimum absolute atomic E-state index is 0.0310. The van der Waals surface area contributed by atoms with Crippen molar-refractivity contribution in [2.75, 3.05) is 11.9 Å². The number of aliphatic hydroxyl groups excluding tert-OH is 1. The van der Waals surface area contributed by atoms with Gasteiger partial charge in [-0.25, -0.2) is 4.39 Å². The van der Waals surface area contributed by atoms with Crippen LogP contribution in [0.3, 0.4) is 0 Å². The van der Waals surface area contributed by atoms with E-state index in [2.05, 4.69) is 10.6 Å². The molecule has 1 aromatic rings. The molecule has 0 bridgehead atoms. The van der Waals surface area contributed by atoms with Crippen molar-refractivity contribution in [3.63, 3.8) is 0 Å². The first-order chi connectivity index (χ1) is 10.4. The minimum atomic E-state index is -0.793. The van der Waals surface area contributed by atoms with E-state index in [0.717, 1.165) is 19.3 Å². The van der Waals surface area contributed by atoms with Crippen LogP contribution in [-0.4, -0.2) is 29.6 Å². The van der Waals surface area contributed by atoms with Crippen molar-refractivity contribution in [2.24, 2.45) is 5.41 Å². The number of hydrogen-bond donors (Lipinski definition) is 3. The van der Waals surface area contributed by atoms with Crippen molar-refractivity contribution in [3.8, 4) is 0 Å². The molecule has 1 saturated carbocycles. The van der Waals surface area contributed by atoms with E-state index >= 15 is 0 Å². The van der Waals surface area contributed by atoms with Gasteiger partial charge in [-0.2, -0.15) is 0 Å². The summed E-state index contributed by atoms with van der Waals surface area (Å²) in [6, 6.07) is 3.89. The van der Waals surface area contributed by atoms with Gasteiger partial charge in [0.25, 0.3) is 0 Å². The van der Waals surface area contributed by atoms with Crippen molar-refractivity contribution >= 4 is 17.5 Å². The van der Waals surface area contributed by atoms with E-state index in [9.17, 15) is 19.1 Å². The van der Waals surface area contributed by atoms with Crippen molar-refractivity contribution in [3.05, 3.63) is 29.6 Å². The first-order valence-corrected chi connectivity index (χ1v) is 7.34. The number of aliphatic hydroxyl groups is 1. The van der Waals surface area contributed by atoms with Crippen LogP contribution in [0.1, 0.15) is 31.7 Å². The third-order valence-corrected chi connectivity index (χ3v) is 4.37. The summed E-state index contributed by atoms with van der Waals surface area (Å²) >= 11 is 0. The number of benzene rings is 1. The van der Waals surface area contributed by atoms with Crippen LogP contribution >= 0.6 is 0 Å². The topological polar surface area (TPSA) is 78.4 Å². The summed E-state index contributed by atoms with van der Waals surface area (Å²) in [5, 5.41) is 14.6. The second-order valence-corrected chi connectivity index (χ2v) is 6.15. The number of amides is 2. The molecule has 0 aliphatic heterocycles. The minimum Gasteiger partial charge on any atom is -0.396 e. The molecule has 120 valence electrons. The number of anilines is 1. The van der Waals surface area contributed by atoms with Gasteiger partial charge >= 0.3 is 11.8 Å². The Labute approximate surface area is 128 Å². The molecular weight excluding hydrogens is 287 g/mol. The summed E-state index contributed by atoms with van der Waals surface area (Å²) in [7, 11) is 0. The first kappa shape index (κ1) is 16.4. The van der Waals surface area contributed by atoms with Crippen LogP contribution in [-0.2, 0) is 9.59 Å². The average molecular weight is 308 g/mol. The predicted octanol–water partition coefficient (Wildman–Crippen LogP) is 1.74. The Kier molecular flexibility index (Phi) is 4.81. The molecule has 1 aromatic carbocycles. The zero-order chi connectivity index (χ0) is 16.3. The van der Waals surface area contributed by atoms with E-state index in [-0.39, 0.29) is 23.9 Å². The number of nitrogens with one attached hydrogen (secondary N) is 2. The number of carbonyl (C=O) groups excluding carboxylic acids is 2. The van der Waals surface area contributed by atoms with Crippen molar-refractivity contribution in [1.29, 1.82) is 0 Å². The van der Waals surface area contributed by atoms with E-state index in [1.807, 2.05) is 6.92 Å². The third-order valence-electron chi connectivity index (χ3n) is 4.37. The molecule has 0 saturated heterocycles. The Morgan fingerprint density at radius 2 is 2.14 bits per heavy atom. The van der Waals surface area contributed by atoms with Gasteiger partial charge in [0.05, 0.1) is 6.61 Å². The Bertz CT molecular complexity index is 591. The molecule has 22 heavy (non-hydrogen) atoms. The zero-order valence-corrected chi connectivity index (χ0v) is 12.8. The molecule has 3 N–H and O–H groups in total. The van der Waals surface area contributed by atoms with Crippen molar-refractivity contribution < 1.29 is 19.1 Å². The molecule has 0 aromatic heterocycles. The van der Waals surface area contributed by atoms with Gasteiger partial charge in [0.2, 0.25) is 0 Å². The molecule has 1 aliphatic rings. The first-order valence-electron chi connectivity index (χ1n) is 7.34. The molecule has 2 atom stereocenters. The summed E-state index contributed by atoms with van der Waals surface area (Å²) in [5.41, 5.74) is 0.375. The molecule has 0 radical (unpaired) electrons. The highest BCUT2D eigenvalue weighted by Crippen LogP contribution is 2.37. The summed E-state index contributed by atoms with van der Waals surface area (Å²) in [5.74, 6) is -1.90. The van der Waals surface area contributed by atoms with Crippen LogP contribution in [0, 0.1) is 18.2 Å². The van der Waals surface area contributed by atoms with Gasteiger partial charge in [-0.15, -0.1) is 0 Å². The van der Waals surface area contributed by atoms with Crippen LogP contribution in [0.5, 0.6) is 0 Å². The maximum atomic E-state index is 13.2. The summed E-state index contributed by atoms with van der Waals surface area (Å²) in [6.07, 6.45) is 2.46. The molecule has 0 heterocycles. The normalized spacial score (nSPS) is 24.1. The Hall–Kier alpha value is -1.95. The lowest BCUT2D eigenvalue weighted by atomic mass is 9.86. The van der Waals surface area contributed by atoms with E-state index in [0.29, 0.717) is 11.3 Å². The summed E-state index contributed by atoms with van der Waals surface area (Å²) < 4.78 is 13.2. The average Bonchev–Trinajstić information content (AvgIpc) is 2.84. The fourth-order valence-electron chi connectivity index (χ4n) is 2.80. The summed E-state index contributed by atoms with van der Waals surface area (Å²) in [4.78, 5) is 23.9. The van der Waals surface area contributed by atoms with Crippen molar-refractivity contribution in [1.82, 2.24) is 5.32 Å². The second kappa shape index (κ2) is 6.44. The molecule has 2 amide bonds. The number of halogens is 1. The number of rotatable bonds is 3. The number of aryl methyl sites for hydroxylation is 1. The monoisotopic (exact) mass is 308 g/mol. The SMILES string of the molecule is Cc1cc(NC(=O)C(=O)NC2CCCC2(C)CO)ccc1F. The van der Waals surface area contributed by atoms with E-state index in [1.54, 1.807) is 6.92 Å². The van der Waals surface area contributed by atoms with E-state index in [4.69, 9.17) is 0 Å². The van der Waals surface area contributed by atoms with Crippen LogP contribution in [0.15, 0.2) is 18.2 Å². The smallest absolute Gasteiger partial charge is 0.313 e. The van der Waals surface area contributed by atoms with Gasteiger partial charge in [0, 0.05) is 17.1 Å². The fourth-order valence-corrected chi connectivity index (χ4v) is 2.80. The molecule has 2 unspecified atom stereocenters. The van der Waals surface area contributed by atoms with Crippen LogP contribution < -0.4 is 10.6 Å². The molecule has 5 nitrogen and oxygen atoms in total. The molecule has 1 aliphatic carbocycles. The predicted molar refractivity (Wildman–Crippen MR) is 80.7 cm³/mol. The van der Waals surface area contributed by atoms with Crippen LogP contribution in [0.2, 0.25) is 0 Å². The number of carbonyl (C=O) groups is 2. The van der Waals surface area contributed by atoms with Gasteiger partial charge in [0.1, 0.15) is 5.82 Å². The maximum absolute atomic E-state index is 13.2. The highest BCUT2D eigenvalue weighted by molar-refractivity contribution is 6.39. The quantitative estimate of drug-likeness (QED) is 0.744. The Balaban J connectivity index is 1.97. The van der Waals surface area contributed by atoms with Crippen molar-refractivity contribution in [2.45, 2.75) is 39.2 Å². The summed E-state index contributed by atoms with van der Waals surface area (Å²) in [6.45, 7) is 3.44. The highest BCUT2D eigenvalue weighted by atomic mass is 19.1. The lowest BCUT2D eigenvalue weighted by Gasteiger charge is -2.29. The standard InChI is InChI=1S/C16H21FN2O3/c1-10-8-11(5-6-12(10)17)18-14(21)15(22)19-13-4-3-7-16(13,2)9-20/h5-6,8,13,20H,3-4,7,9H2,1-2H3,(H,18,21)(H,19,22). The second-order valence-electron chi connectivity index (χ2n) is 6.15. The molecule has 1 fully saturated rings. The largest absolute Gasteiger partial charge is 0.396 e.